The molecule has 0 saturated carbocycles. The number of halogens is 1. The maximum atomic E-state index is 5.97. The average molecular weight is 276 g/mol. The summed E-state index contributed by atoms with van der Waals surface area (Å²) in [5, 5.41) is 4.25. The summed E-state index contributed by atoms with van der Waals surface area (Å²) < 4.78 is 5.16. The van der Waals surface area contributed by atoms with Crippen molar-refractivity contribution < 1.29 is 4.74 Å². The van der Waals surface area contributed by atoms with Crippen molar-refractivity contribution in [2.45, 2.75) is 19.5 Å². The van der Waals surface area contributed by atoms with E-state index in [1.54, 1.807) is 7.11 Å². The number of benzene rings is 2. The van der Waals surface area contributed by atoms with Gasteiger partial charge < -0.3 is 10.1 Å². The molecule has 0 heterocycles. The fraction of sp³-hybridized carbons (Fsp3) is 0.250. The van der Waals surface area contributed by atoms with Crippen LogP contribution in [-0.2, 0) is 6.54 Å². The molecule has 0 aliphatic heterocycles. The van der Waals surface area contributed by atoms with Crippen LogP contribution in [-0.4, -0.2) is 7.11 Å². The summed E-state index contributed by atoms with van der Waals surface area (Å²) in [6.45, 7) is 2.94. The summed E-state index contributed by atoms with van der Waals surface area (Å²) in [5.74, 6) is 0.880. The first kappa shape index (κ1) is 13.9. The fourth-order valence-electron chi connectivity index (χ4n) is 1.93. The van der Waals surface area contributed by atoms with Gasteiger partial charge in [0.1, 0.15) is 5.75 Å². The first-order valence-electron chi connectivity index (χ1n) is 6.31. The lowest BCUT2D eigenvalue weighted by Crippen LogP contribution is -2.17. The Morgan fingerprint density at radius 2 is 1.89 bits per heavy atom. The van der Waals surface area contributed by atoms with E-state index >= 15 is 0 Å². The Hall–Kier alpha value is -1.51. The molecular weight excluding hydrogens is 258 g/mol. The minimum Gasteiger partial charge on any atom is -0.497 e. The van der Waals surface area contributed by atoms with Gasteiger partial charge in [0.15, 0.2) is 0 Å². The fourth-order valence-corrected chi connectivity index (χ4v) is 2.14. The first-order chi connectivity index (χ1) is 9.19. The summed E-state index contributed by atoms with van der Waals surface area (Å²) in [6, 6.07) is 16.3. The highest BCUT2D eigenvalue weighted by Gasteiger charge is 2.05. The van der Waals surface area contributed by atoms with Crippen LogP contribution < -0.4 is 10.1 Å². The van der Waals surface area contributed by atoms with E-state index in [1.165, 1.54) is 11.1 Å². The molecule has 0 aromatic heterocycles. The number of rotatable bonds is 5. The summed E-state index contributed by atoms with van der Waals surface area (Å²) in [7, 11) is 1.68. The summed E-state index contributed by atoms with van der Waals surface area (Å²) >= 11 is 5.97. The molecule has 2 nitrogen and oxygen atoms in total. The van der Waals surface area contributed by atoms with E-state index in [0.29, 0.717) is 0 Å². The molecule has 0 bridgehead atoms. The molecule has 0 saturated heterocycles. The maximum absolute atomic E-state index is 5.97. The molecule has 100 valence electrons. The first-order valence-corrected chi connectivity index (χ1v) is 6.68. The van der Waals surface area contributed by atoms with Crippen molar-refractivity contribution >= 4 is 11.6 Å². The molecule has 2 aromatic carbocycles. The highest BCUT2D eigenvalue weighted by molar-refractivity contribution is 6.30. The lowest BCUT2D eigenvalue weighted by atomic mass is 10.1. The third-order valence-corrected chi connectivity index (χ3v) is 3.35. The molecular formula is C16H18ClNO. The highest BCUT2D eigenvalue weighted by atomic mass is 35.5. The second-order valence-electron chi connectivity index (χ2n) is 4.51. The quantitative estimate of drug-likeness (QED) is 0.883. The van der Waals surface area contributed by atoms with Crippen molar-refractivity contribution in [2.75, 3.05) is 7.11 Å². The largest absolute Gasteiger partial charge is 0.497 e. The van der Waals surface area contributed by atoms with E-state index in [9.17, 15) is 0 Å². The third kappa shape index (κ3) is 3.98. The summed E-state index contributed by atoms with van der Waals surface area (Å²) in [6.07, 6.45) is 0. The van der Waals surface area contributed by atoms with Gasteiger partial charge in [-0.1, -0.05) is 35.9 Å². The highest BCUT2D eigenvalue weighted by Crippen LogP contribution is 2.18. The zero-order valence-electron chi connectivity index (χ0n) is 11.2. The van der Waals surface area contributed by atoms with Crippen LogP contribution in [0.2, 0.25) is 5.02 Å². The number of ether oxygens (including phenoxy) is 1. The zero-order valence-corrected chi connectivity index (χ0v) is 11.9. The maximum Gasteiger partial charge on any atom is 0.118 e. The van der Waals surface area contributed by atoms with Crippen LogP contribution in [0.25, 0.3) is 0 Å². The number of hydrogen-bond acceptors (Lipinski definition) is 2. The van der Waals surface area contributed by atoms with E-state index in [0.717, 1.165) is 17.3 Å². The summed E-state index contributed by atoms with van der Waals surface area (Å²) in [5.41, 5.74) is 2.43. The van der Waals surface area contributed by atoms with Crippen LogP contribution >= 0.6 is 11.6 Å². The number of nitrogens with one attached hydrogen (secondary N) is 1. The molecule has 0 unspecified atom stereocenters. The second kappa shape index (κ2) is 6.60. The molecule has 0 aliphatic rings. The van der Waals surface area contributed by atoms with Gasteiger partial charge in [-0.05, 0) is 42.3 Å². The van der Waals surface area contributed by atoms with Crippen LogP contribution in [0.15, 0.2) is 48.5 Å². The lowest BCUT2D eigenvalue weighted by Gasteiger charge is -2.15. The molecule has 3 heteroatoms. The van der Waals surface area contributed by atoms with Crippen LogP contribution in [0.4, 0.5) is 0 Å². The number of hydrogen-bond donors (Lipinski definition) is 1. The van der Waals surface area contributed by atoms with Gasteiger partial charge in [-0.3, -0.25) is 0 Å². The molecule has 0 fully saturated rings. The predicted molar refractivity (Wildman–Crippen MR) is 79.7 cm³/mol. The SMILES string of the molecule is COc1ccc([C@@H](C)NCc2cccc(Cl)c2)cc1. The zero-order chi connectivity index (χ0) is 13.7. The minimum absolute atomic E-state index is 0.282. The molecule has 2 rings (SSSR count). The minimum atomic E-state index is 0.282. The van der Waals surface area contributed by atoms with Gasteiger partial charge in [0.25, 0.3) is 0 Å². The molecule has 2 aromatic rings. The molecule has 0 radical (unpaired) electrons. The van der Waals surface area contributed by atoms with E-state index in [2.05, 4.69) is 30.4 Å². The van der Waals surface area contributed by atoms with Gasteiger partial charge in [-0.25, -0.2) is 0 Å². The Balaban J connectivity index is 1.95. The van der Waals surface area contributed by atoms with E-state index in [-0.39, 0.29) is 6.04 Å². The Morgan fingerprint density at radius 1 is 1.16 bits per heavy atom. The van der Waals surface area contributed by atoms with Crippen LogP contribution in [0.5, 0.6) is 5.75 Å². The van der Waals surface area contributed by atoms with Crippen LogP contribution in [0.1, 0.15) is 24.1 Å². The molecule has 0 spiro atoms. The average Bonchev–Trinajstić information content (AvgIpc) is 2.45. The third-order valence-electron chi connectivity index (χ3n) is 3.12. The van der Waals surface area contributed by atoms with Gasteiger partial charge in [0.2, 0.25) is 0 Å². The van der Waals surface area contributed by atoms with Gasteiger partial charge in [-0.2, -0.15) is 0 Å². The molecule has 0 amide bonds. The van der Waals surface area contributed by atoms with E-state index < -0.39 is 0 Å². The Labute approximate surface area is 119 Å². The van der Waals surface area contributed by atoms with Crippen molar-refractivity contribution in [1.82, 2.24) is 5.32 Å². The smallest absolute Gasteiger partial charge is 0.118 e. The van der Waals surface area contributed by atoms with Gasteiger partial charge in [-0.15, -0.1) is 0 Å². The Morgan fingerprint density at radius 3 is 2.53 bits per heavy atom. The van der Waals surface area contributed by atoms with Crippen molar-refractivity contribution in [2.24, 2.45) is 0 Å². The standard InChI is InChI=1S/C16H18ClNO/c1-12(14-6-8-16(19-2)9-7-14)18-11-13-4-3-5-15(17)10-13/h3-10,12,18H,11H2,1-2H3/t12-/m1/s1. The molecule has 1 atom stereocenters. The Kier molecular flexibility index (Phi) is 4.83. The van der Waals surface area contributed by atoms with Gasteiger partial charge >= 0.3 is 0 Å². The normalized spacial score (nSPS) is 12.2. The molecule has 0 aliphatic carbocycles. The van der Waals surface area contributed by atoms with Crippen molar-refractivity contribution in [3.05, 3.63) is 64.7 Å². The lowest BCUT2D eigenvalue weighted by molar-refractivity contribution is 0.414. The molecule has 19 heavy (non-hydrogen) atoms. The summed E-state index contributed by atoms with van der Waals surface area (Å²) in [4.78, 5) is 0. The second-order valence-corrected chi connectivity index (χ2v) is 4.94. The van der Waals surface area contributed by atoms with E-state index in [4.69, 9.17) is 16.3 Å². The van der Waals surface area contributed by atoms with Crippen LogP contribution in [0.3, 0.4) is 0 Å². The van der Waals surface area contributed by atoms with Crippen LogP contribution in [0, 0.1) is 0 Å². The van der Waals surface area contributed by atoms with Crippen molar-refractivity contribution in [3.63, 3.8) is 0 Å². The van der Waals surface area contributed by atoms with Crippen molar-refractivity contribution in [1.29, 1.82) is 0 Å². The van der Waals surface area contributed by atoms with E-state index in [1.807, 2.05) is 30.3 Å². The Bertz CT molecular complexity index is 525. The predicted octanol–water partition coefficient (Wildman–Crippen LogP) is 4.20. The number of methoxy groups -OCH3 is 1. The van der Waals surface area contributed by atoms with Gasteiger partial charge in [0, 0.05) is 17.6 Å². The van der Waals surface area contributed by atoms with Crippen molar-refractivity contribution in [3.8, 4) is 5.75 Å². The monoisotopic (exact) mass is 275 g/mol. The molecule has 1 N–H and O–H groups in total. The van der Waals surface area contributed by atoms with Gasteiger partial charge in [0.05, 0.1) is 7.11 Å². The topological polar surface area (TPSA) is 21.3 Å².